The van der Waals surface area contributed by atoms with E-state index in [4.69, 9.17) is 9.57 Å². The van der Waals surface area contributed by atoms with Crippen LogP contribution in [0.3, 0.4) is 0 Å². The SMILES string of the molecule is COc1ccccc1C1=NOC(CN(Cc2ccccc2)C(=O)Nc2ccccc2F)C1. The Bertz CT molecular complexity index is 1100. The number of anilines is 1. The van der Waals surface area contributed by atoms with Crippen molar-refractivity contribution >= 4 is 17.4 Å². The highest BCUT2D eigenvalue weighted by Gasteiger charge is 2.28. The molecule has 1 aliphatic heterocycles. The van der Waals surface area contributed by atoms with Gasteiger partial charge in [-0.2, -0.15) is 0 Å². The molecule has 1 N–H and O–H groups in total. The highest BCUT2D eigenvalue weighted by Crippen LogP contribution is 2.25. The van der Waals surface area contributed by atoms with Crippen molar-refractivity contribution in [3.05, 3.63) is 95.8 Å². The maximum absolute atomic E-state index is 14.1. The lowest BCUT2D eigenvalue weighted by Crippen LogP contribution is -2.40. The molecule has 0 saturated carbocycles. The molecule has 3 aromatic carbocycles. The van der Waals surface area contributed by atoms with Gasteiger partial charge in [-0.3, -0.25) is 0 Å². The first-order valence-corrected chi connectivity index (χ1v) is 10.3. The van der Waals surface area contributed by atoms with Gasteiger partial charge in [0, 0.05) is 18.5 Å². The summed E-state index contributed by atoms with van der Waals surface area (Å²) in [7, 11) is 1.61. The molecule has 1 atom stereocenters. The molecule has 164 valence electrons. The summed E-state index contributed by atoms with van der Waals surface area (Å²) < 4.78 is 19.5. The van der Waals surface area contributed by atoms with Gasteiger partial charge < -0.3 is 19.8 Å². The fourth-order valence-corrected chi connectivity index (χ4v) is 3.59. The summed E-state index contributed by atoms with van der Waals surface area (Å²) in [4.78, 5) is 20.3. The van der Waals surface area contributed by atoms with E-state index in [0.717, 1.165) is 16.8 Å². The number of hydrogen-bond acceptors (Lipinski definition) is 4. The molecule has 0 aliphatic carbocycles. The maximum Gasteiger partial charge on any atom is 0.322 e. The lowest BCUT2D eigenvalue weighted by molar-refractivity contribution is 0.0608. The van der Waals surface area contributed by atoms with Crippen LogP contribution in [0.25, 0.3) is 0 Å². The summed E-state index contributed by atoms with van der Waals surface area (Å²) in [5, 5.41) is 6.90. The van der Waals surface area contributed by atoms with Crippen LogP contribution >= 0.6 is 0 Å². The predicted octanol–water partition coefficient (Wildman–Crippen LogP) is 5.06. The summed E-state index contributed by atoms with van der Waals surface area (Å²) >= 11 is 0. The molecule has 0 spiro atoms. The zero-order valence-corrected chi connectivity index (χ0v) is 17.7. The fourth-order valence-electron chi connectivity index (χ4n) is 3.59. The van der Waals surface area contributed by atoms with Crippen LogP contribution in [0.2, 0.25) is 0 Å². The minimum absolute atomic E-state index is 0.133. The van der Waals surface area contributed by atoms with E-state index in [2.05, 4.69) is 10.5 Å². The molecule has 7 heteroatoms. The van der Waals surface area contributed by atoms with Gasteiger partial charge in [0.25, 0.3) is 0 Å². The zero-order valence-electron chi connectivity index (χ0n) is 17.7. The largest absolute Gasteiger partial charge is 0.496 e. The molecule has 0 saturated heterocycles. The molecule has 0 fully saturated rings. The van der Waals surface area contributed by atoms with Crippen molar-refractivity contribution in [2.24, 2.45) is 5.16 Å². The normalized spacial score (nSPS) is 14.9. The zero-order chi connectivity index (χ0) is 22.3. The molecule has 0 radical (unpaired) electrons. The van der Waals surface area contributed by atoms with Crippen molar-refractivity contribution in [2.75, 3.05) is 19.0 Å². The molecule has 0 aromatic heterocycles. The first-order chi connectivity index (χ1) is 15.6. The Kier molecular flexibility index (Phi) is 6.65. The van der Waals surface area contributed by atoms with E-state index in [1.165, 1.54) is 12.1 Å². The molecule has 3 aromatic rings. The Morgan fingerprint density at radius 2 is 1.81 bits per heavy atom. The second-order valence-corrected chi connectivity index (χ2v) is 7.45. The van der Waals surface area contributed by atoms with Crippen molar-refractivity contribution in [3.8, 4) is 5.75 Å². The van der Waals surface area contributed by atoms with Gasteiger partial charge in [0.1, 0.15) is 11.6 Å². The van der Waals surface area contributed by atoms with Gasteiger partial charge in [-0.25, -0.2) is 9.18 Å². The standard InChI is InChI=1S/C25H24FN3O3/c1-31-24-14-8-5-11-20(24)23-15-19(32-28-23)17-29(16-18-9-3-2-4-10-18)25(30)27-22-13-7-6-12-21(22)26/h2-14,19H,15-17H2,1H3,(H,27,30). The van der Waals surface area contributed by atoms with Crippen molar-refractivity contribution in [2.45, 2.75) is 19.1 Å². The van der Waals surface area contributed by atoms with Crippen LogP contribution in [0, 0.1) is 5.82 Å². The minimum Gasteiger partial charge on any atom is -0.496 e. The number of oxime groups is 1. The third-order valence-corrected chi connectivity index (χ3v) is 5.19. The fraction of sp³-hybridized carbons (Fsp3) is 0.200. The quantitative estimate of drug-likeness (QED) is 0.566. The summed E-state index contributed by atoms with van der Waals surface area (Å²) in [6.07, 6.45) is 0.198. The van der Waals surface area contributed by atoms with Crippen molar-refractivity contribution in [1.29, 1.82) is 0 Å². The van der Waals surface area contributed by atoms with Crippen LogP contribution in [-0.2, 0) is 11.4 Å². The number of ether oxygens (including phenoxy) is 1. The number of urea groups is 1. The van der Waals surface area contributed by atoms with Gasteiger partial charge in [-0.15, -0.1) is 0 Å². The number of methoxy groups -OCH3 is 1. The second-order valence-electron chi connectivity index (χ2n) is 7.45. The number of nitrogens with one attached hydrogen (secondary N) is 1. The number of nitrogens with zero attached hydrogens (tertiary/aromatic N) is 2. The molecule has 2 amide bonds. The Balaban J connectivity index is 1.48. The van der Waals surface area contributed by atoms with E-state index >= 15 is 0 Å². The molecule has 0 bridgehead atoms. The van der Waals surface area contributed by atoms with Crippen molar-refractivity contribution in [1.82, 2.24) is 4.90 Å². The summed E-state index contributed by atoms with van der Waals surface area (Å²) in [6, 6.07) is 22.9. The summed E-state index contributed by atoms with van der Waals surface area (Å²) in [5.41, 5.74) is 2.72. The molecule has 6 nitrogen and oxygen atoms in total. The average molecular weight is 433 g/mol. The third kappa shape index (κ3) is 5.06. The van der Waals surface area contributed by atoms with Gasteiger partial charge in [0.05, 0.1) is 25.1 Å². The van der Waals surface area contributed by atoms with Gasteiger partial charge in [0.2, 0.25) is 0 Å². The highest BCUT2D eigenvalue weighted by molar-refractivity contribution is 6.03. The van der Waals surface area contributed by atoms with Gasteiger partial charge in [-0.1, -0.05) is 59.8 Å². The summed E-state index contributed by atoms with van der Waals surface area (Å²) in [6.45, 7) is 0.641. The number of carbonyl (C=O) groups is 1. The number of hydrogen-bond donors (Lipinski definition) is 1. The lowest BCUT2D eigenvalue weighted by atomic mass is 10.0. The Hall–Kier alpha value is -3.87. The molecule has 1 unspecified atom stereocenters. The van der Waals surface area contributed by atoms with Gasteiger partial charge in [0.15, 0.2) is 6.10 Å². The molecule has 1 heterocycles. The highest BCUT2D eigenvalue weighted by atomic mass is 19.1. The first kappa shape index (κ1) is 21.4. The summed E-state index contributed by atoms with van der Waals surface area (Å²) in [5.74, 6) is 0.230. The van der Waals surface area contributed by atoms with Crippen LogP contribution in [-0.4, -0.2) is 36.4 Å². The second kappa shape index (κ2) is 9.96. The Morgan fingerprint density at radius 1 is 1.09 bits per heavy atom. The first-order valence-electron chi connectivity index (χ1n) is 10.3. The number of rotatable bonds is 7. The molecular weight excluding hydrogens is 409 g/mol. The van der Waals surface area contributed by atoms with Crippen LogP contribution in [0.1, 0.15) is 17.5 Å². The average Bonchev–Trinajstić information content (AvgIpc) is 3.29. The Morgan fingerprint density at radius 3 is 2.59 bits per heavy atom. The predicted molar refractivity (Wildman–Crippen MR) is 121 cm³/mol. The number of para-hydroxylation sites is 2. The van der Waals surface area contributed by atoms with Crippen LogP contribution in [0.4, 0.5) is 14.9 Å². The maximum atomic E-state index is 14.1. The molecular formula is C25H24FN3O3. The van der Waals surface area contributed by atoms with E-state index in [1.807, 2.05) is 54.6 Å². The van der Waals surface area contributed by atoms with E-state index in [1.54, 1.807) is 24.1 Å². The monoisotopic (exact) mass is 433 g/mol. The van der Waals surface area contributed by atoms with E-state index in [0.29, 0.717) is 18.7 Å². The van der Waals surface area contributed by atoms with Gasteiger partial charge >= 0.3 is 6.03 Å². The van der Waals surface area contributed by atoms with Crippen molar-refractivity contribution < 1.29 is 18.8 Å². The minimum atomic E-state index is -0.487. The number of carbonyl (C=O) groups excluding carboxylic acids is 1. The molecule has 1 aliphatic rings. The number of amides is 2. The Labute approximate surface area is 186 Å². The van der Waals surface area contributed by atoms with Crippen LogP contribution in [0.5, 0.6) is 5.75 Å². The molecule has 4 rings (SSSR count). The van der Waals surface area contributed by atoms with Crippen molar-refractivity contribution in [3.63, 3.8) is 0 Å². The number of halogens is 1. The molecule has 32 heavy (non-hydrogen) atoms. The lowest BCUT2D eigenvalue weighted by Gasteiger charge is -2.25. The topological polar surface area (TPSA) is 63.2 Å². The van der Waals surface area contributed by atoms with Gasteiger partial charge in [-0.05, 0) is 29.8 Å². The van der Waals surface area contributed by atoms with Crippen LogP contribution < -0.4 is 10.1 Å². The van der Waals surface area contributed by atoms with E-state index < -0.39 is 11.8 Å². The van der Waals surface area contributed by atoms with Crippen LogP contribution in [0.15, 0.2) is 84.0 Å². The third-order valence-electron chi connectivity index (χ3n) is 5.19. The smallest absolute Gasteiger partial charge is 0.322 e. The van der Waals surface area contributed by atoms with E-state index in [9.17, 15) is 9.18 Å². The number of benzene rings is 3. The van der Waals surface area contributed by atoms with E-state index in [-0.39, 0.29) is 18.3 Å².